The Labute approximate surface area is 201 Å². The van der Waals surface area contributed by atoms with E-state index < -0.39 is 17.7 Å². The van der Waals surface area contributed by atoms with Gasteiger partial charge in [-0.05, 0) is 88.3 Å². The number of Topliss-reactive ketones (excluding diaryl/α,β-unsaturated/α-hetero) is 1. The van der Waals surface area contributed by atoms with Crippen LogP contribution in [-0.4, -0.2) is 65.5 Å². The van der Waals surface area contributed by atoms with Gasteiger partial charge in [0.2, 0.25) is 0 Å². The van der Waals surface area contributed by atoms with Crippen LogP contribution in [0.15, 0.2) is 42.0 Å². The van der Waals surface area contributed by atoms with Gasteiger partial charge in [-0.25, -0.2) is 0 Å². The Balaban J connectivity index is 2.14. The normalized spacial score (nSPS) is 17.6. The number of ether oxygens (including phenoxy) is 1. The molecule has 1 aliphatic heterocycles. The van der Waals surface area contributed by atoms with Crippen LogP contribution in [0.2, 0.25) is 0 Å². The van der Waals surface area contributed by atoms with Crippen LogP contribution in [0.1, 0.15) is 48.1 Å². The van der Waals surface area contributed by atoms with Crippen molar-refractivity contribution in [1.82, 2.24) is 9.80 Å². The van der Waals surface area contributed by atoms with Crippen molar-refractivity contribution in [2.24, 2.45) is 0 Å². The van der Waals surface area contributed by atoms with Gasteiger partial charge in [0.25, 0.3) is 11.7 Å². The Hall–Kier alpha value is -3.32. The molecule has 0 bridgehead atoms. The molecule has 1 aliphatic rings. The number of ketones is 1. The van der Waals surface area contributed by atoms with Gasteiger partial charge in [-0.15, -0.1) is 0 Å². The highest BCUT2D eigenvalue weighted by Gasteiger charge is 2.46. The minimum atomic E-state index is -0.784. The van der Waals surface area contributed by atoms with Crippen LogP contribution in [0.25, 0.3) is 5.76 Å². The standard InChI is InChI=1S/C27H34N2O5/c1-6-13-34-20-10-7-9-19(16-20)24-23(25(31)21-14-17(2)18(3)15-22(21)30)26(32)27(33)29(24)12-8-11-28(4)5/h7,9-10,14-16,24,30-31H,6,8,11-13H2,1-5H3/b25-23+. The predicted molar refractivity (Wildman–Crippen MR) is 132 cm³/mol. The molecule has 1 amide bonds. The SMILES string of the molecule is CCCOc1cccc(C2/C(=C(\O)c3cc(C)c(C)cc3O)C(=O)C(=O)N2CCCN(C)C)c1. The number of carbonyl (C=O) groups excluding carboxylic acids is 2. The van der Waals surface area contributed by atoms with Gasteiger partial charge >= 0.3 is 0 Å². The van der Waals surface area contributed by atoms with E-state index in [1.807, 2.05) is 58.0 Å². The average Bonchev–Trinajstić information content (AvgIpc) is 3.04. The minimum Gasteiger partial charge on any atom is -0.507 e. The quantitative estimate of drug-likeness (QED) is 0.328. The summed E-state index contributed by atoms with van der Waals surface area (Å²) in [5, 5.41) is 21.8. The highest BCUT2D eigenvalue weighted by molar-refractivity contribution is 6.46. The van der Waals surface area contributed by atoms with Gasteiger partial charge in [0.1, 0.15) is 17.3 Å². The fraction of sp³-hybridized carbons (Fsp3) is 0.407. The van der Waals surface area contributed by atoms with Gasteiger partial charge in [-0.3, -0.25) is 9.59 Å². The number of hydrogen-bond donors (Lipinski definition) is 2. The number of benzene rings is 2. The summed E-state index contributed by atoms with van der Waals surface area (Å²) in [5.41, 5.74) is 2.49. The van der Waals surface area contributed by atoms with Crippen LogP contribution < -0.4 is 4.74 Å². The molecule has 7 heteroatoms. The Bertz CT molecular complexity index is 1110. The summed E-state index contributed by atoms with van der Waals surface area (Å²) in [7, 11) is 3.89. The van der Waals surface area contributed by atoms with Crippen molar-refractivity contribution >= 4 is 17.4 Å². The van der Waals surface area contributed by atoms with Gasteiger partial charge < -0.3 is 24.7 Å². The molecule has 0 spiro atoms. The number of hydrogen-bond acceptors (Lipinski definition) is 6. The van der Waals surface area contributed by atoms with Crippen molar-refractivity contribution in [3.63, 3.8) is 0 Å². The Morgan fingerprint density at radius 3 is 2.50 bits per heavy atom. The first-order valence-corrected chi connectivity index (χ1v) is 11.6. The molecule has 2 aromatic rings. The molecule has 1 heterocycles. The summed E-state index contributed by atoms with van der Waals surface area (Å²) in [6.07, 6.45) is 1.51. The number of aromatic hydroxyl groups is 1. The first-order chi connectivity index (χ1) is 16.1. The van der Waals surface area contributed by atoms with Crippen LogP contribution in [0.4, 0.5) is 0 Å². The first kappa shape index (κ1) is 25.3. The van der Waals surface area contributed by atoms with Crippen molar-refractivity contribution in [1.29, 1.82) is 0 Å². The lowest BCUT2D eigenvalue weighted by Crippen LogP contribution is -2.32. The maximum absolute atomic E-state index is 13.2. The molecular formula is C27H34N2O5. The van der Waals surface area contributed by atoms with E-state index in [2.05, 4.69) is 0 Å². The molecule has 2 aromatic carbocycles. The lowest BCUT2D eigenvalue weighted by molar-refractivity contribution is -0.139. The van der Waals surface area contributed by atoms with E-state index in [1.165, 1.54) is 4.90 Å². The van der Waals surface area contributed by atoms with E-state index in [9.17, 15) is 19.8 Å². The molecule has 0 aliphatic carbocycles. The van der Waals surface area contributed by atoms with Crippen LogP contribution >= 0.6 is 0 Å². The predicted octanol–water partition coefficient (Wildman–Crippen LogP) is 4.17. The van der Waals surface area contributed by atoms with E-state index in [0.717, 1.165) is 24.1 Å². The Kier molecular flexibility index (Phi) is 7.99. The third-order valence-electron chi connectivity index (χ3n) is 6.06. The summed E-state index contributed by atoms with van der Waals surface area (Å²) in [5.74, 6) is -1.30. The molecule has 7 nitrogen and oxygen atoms in total. The van der Waals surface area contributed by atoms with Crippen molar-refractivity contribution in [3.8, 4) is 11.5 Å². The molecule has 0 saturated carbocycles. The lowest BCUT2D eigenvalue weighted by atomic mass is 9.93. The smallest absolute Gasteiger partial charge is 0.295 e. The molecule has 34 heavy (non-hydrogen) atoms. The summed E-state index contributed by atoms with van der Waals surface area (Å²) in [6.45, 7) is 7.36. The van der Waals surface area contributed by atoms with Crippen molar-refractivity contribution in [2.75, 3.05) is 33.8 Å². The van der Waals surface area contributed by atoms with Gasteiger partial charge in [0.15, 0.2) is 0 Å². The highest BCUT2D eigenvalue weighted by atomic mass is 16.5. The van der Waals surface area contributed by atoms with Gasteiger partial charge in [0.05, 0.1) is 23.8 Å². The van der Waals surface area contributed by atoms with Crippen molar-refractivity contribution in [2.45, 2.75) is 39.7 Å². The number of carbonyl (C=O) groups is 2. The largest absolute Gasteiger partial charge is 0.507 e. The zero-order valence-corrected chi connectivity index (χ0v) is 20.6. The van der Waals surface area contributed by atoms with Gasteiger partial charge in [0, 0.05) is 6.54 Å². The van der Waals surface area contributed by atoms with Crippen LogP contribution in [0, 0.1) is 13.8 Å². The first-order valence-electron chi connectivity index (χ1n) is 11.6. The monoisotopic (exact) mass is 466 g/mol. The van der Waals surface area contributed by atoms with Crippen LogP contribution in [0.3, 0.4) is 0 Å². The average molecular weight is 467 g/mol. The number of rotatable bonds is 9. The molecule has 1 unspecified atom stereocenters. The summed E-state index contributed by atoms with van der Waals surface area (Å²) in [4.78, 5) is 29.8. The molecule has 0 radical (unpaired) electrons. The number of aliphatic hydroxyl groups is 1. The molecule has 2 N–H and O–H groups in total. The third kappa shape index (κ3) is 5.25. The number of likely N-dealkylation sites (tertiary alicyclic amines) is 1. The molecule has 1 atom stereocenters. The van der Waals surface area contributed by atoms with E-state index >= 15 is 0 Å². The van der Waals surface area contributed by atoms with Crippen molar-refractivity contribution < 1.29 is 24.5 Å². The van der Waals surface area contributed by atoms with Crippen LogP contribution in [-0.2, 0) is 9.59 Å². The molecular weight excluding hydrogens is 432 g/mol. The molecule has 1 saturated heterocycles. The molecule has 0 aromatic heterocycles. The van der Waals surface area contributed by atoms with Crippen LogP contribution in [0.5, 0.6) is 11.5 Å². The zero-order chi connectivity index (χ0) is 25.0. The van der Waals surface area contributed by atoms with Gasteiger partial charge in [-0.2, -0.15) is 0 Å². The summed E-state index contributed by atoms with van der Waals surface area (Å²) in [6, 6.07) is 9.66. The number of nitrogens with zero attached hydrogens (tertiary/aromatic N) is 2. The third-order valence-corrected chi connectivity index (χ3v) is 6.06. The lowest BCUT2D eigenvalue weighted by Gasteiger charge is -2.26. The second kappa shape index (κ2) is 10.7. The Morgan fingerprint density at radius 1 is 1.12 bits per heavy atom. The number of aliphatic hydroxyl groups excluding tert-OH is 1. The maximum Gasteiger partial charge on any atom is 0.295 e. The fourth-order valence-corrected chi connectivity index (χ4v) is 4.14. The fourth-order valence-electron chi connectivity index (χ4n) is 4.14. The second-order valence-corrected chi connectivity index (χ2v) is 9.02. The Morgan fingerprint density at radius 2 is 1.82 bits per heavy atom. The molecule has 1 fully saturated rings. The number of phenols is 1. The summed E-state index contributed by atoms with van der Waals surface area (Å²) >= 11 is 0. The minimum absolute atomic E-state index is 0.0268. The van der Waals surface area contributed by atoms with E-state index in [1.54, 1.807) is 18.2 Å². The number of aryl methyl sites for hydroxylation is 2. The van der Waals surface area contributed by atoms with E-state index in [4.69, 9.17) is 4.74 Å². The van der Waals surface area contributed by atoms with Gasteiger partial charge in [-0.1, -0.05) is 19.1 Å². The molecule has 182 valence electrons. The zero-order valence-electron chi connectivity index (χ0n) is 20.6. The topological polar surface area (TPSA) is 90.3 Å². The maximum atomic E-state index is 13.2. The highest BCUT2D eigenvalue weighted by Crippen LogP contribution is 2.42. The molecule has 3 rings (SSSR count). The summed E-state index contributed by atoms with van der Waals surface area (Å²) < 4.78 is 5.77. The number of amides is 1. The second-order valence-electron chi connectivity index (χ2n) is 9.02. The van der Waals surface area contributed by atoms with E-state index in [0.29, 0.717) is 30.9 Å². The number of phenolic OH excluding ortho intramolecular Hbond substituents is 1. The van der Waals surface area contributed by atoms with Crippen molar-refractivity contribution in [3.05, 3.63) is 64.2 Å². The van der Waals surface area contributed by atoms with E-state index in [-0.39, 0.29) is 22.6 Å².